The molecule has 0 aliphatic rings. The molecule has 1 aromatic heterocycles. The Labute approximate surface area is 91.1 Å². The zero-order chi connectivity index (χ0) is 11.3. The van der Waals surface area contributed by atoms with Gasteiger partial charge in [0.1, 0.15) is 0 Å². The average molecular weight is 208 g/mol. The topological polar surface area (TPSA) is 34.0 Å². The number of rotatable bonds is 5. The van der Waals surface area contributed by atoms with Crippen molar-refractivity contribution in [1.29, 1.82) is 0 Å². The molecule has 0 amide bonds. The molecule has 3 heteroatoms. The number of hydrogen-bond acceptors (Lipinski definition) is 2. The van der Waals surface area contributed by atoms with Gasteiger partial charge in [0.2, 0.25) is 5.56 Å². The van der Waals surface area contributed by atoms with Crippen molar-refractivity contribution < 1.29 is 0 Å². The van der Waals surface area contributed by atoms with Gasteiger partial charge in [-0.15, -0.1) is 0 Å². The van der Waals surface area contributed by atoms with Crippen molar-refractivity contribution in [2.24, 2.45) is 7.05 Å². The zero-order valence-electron chi connectivity index (χ0n) is 9.79. The third-order valence-electron chi connectivity index (χ3n) is 2.59. The van der Waals surface area contributed by atoms with Crippen molar-refractivity contribution in [3.8, 4) is 0 Å². The van der Waals surface area contributed by atoms with E-state index < -0.39 is 0 Å². The van der Waals surface area contributed by atoms with Crippen LogP contribution in [0.1, 0.15) is 33.1 Å². The lowest BCUT2D eigenvalue weighted by atomic mass is 10.1. The lowest BCUT2D eigenvalue weighted by Gasteiger charge is -2.17. The van der Waals surface area contributed by atoms with Crippen LogP contribution in [0.4, 0.5) is 5.69 Å². The third kappa shape index (κ3) is 3.42. The van der Waals surface area contributed by atoms with Crippen LogP contribution >= 0.6 is 0 Å². The summed E-state index contributed by atoms with van der Waals surface area (Å²) in [5.41, 5.74) is 1.06. The number of pyridine rings is 1. The number of anilines is 1. The molecule has 1 unspecified atom stereocenters. The van der Waals surface area contributed by atoms with Gasteiger partial charge in [0.05, 0.1) is 5.69 Å². The van der Waals surface area contributed by atoms with Crippen LogP contribution in [0, 0.1) is 0 Å². The van der Waals surface area contributed by atoms with Crippen molar-refractivity contribution in [2.45, 2.75) is 39.2 Å². The molecule has 3 nitrogen and oxygen atoms in total. The largest absolute Gasteiger partial charge is 0.381 e. The molecule has 1 atom stereocenters. The molecule has 0 saturated heterocycles. The first-order valence-corrected chi connectivity index (χ1v) is 5.60. The van der Waals surface area contributed by atoms with Gasteiger partial charge in [0.25, 0.3) is 0 Å². The van der Waals surface area contributed by atoms with Crippen molar-refractivity contribution >= 4 is 5.69 Å². The summed E-state index contributed by atoms with van der Waals surface area (Å²) in [6, 6.07) is 3.95. The van der Waals surface area contributed by atoms with E-state index in [-0.39, 0.29) is 5.56 Å². The van der Waals surface area contributed by atoms with E-state index in [1.54, 1.807) is 17.7 Å². The van der Waals surface area contributed by atoms with Gasteiger partial charge in [-0.3, -0.25) is 4.79 Å². The van der Waals surface area contributed by atoms with Gasteiger partial charge in [-0.05, 0) is 18.9 Å². The minimum absolute atomic E-state index is 0.0316. The highest BCUT2D eigenvalue weighted by Crippen LogP contribution is 2.10. The van der Waals surface area contributed by atoms with Gasteiger partial charge < -0.3 is 9.88 Å². The Bertz CT molecular complexity index is 357. The maximum atomic E-state index is 11.2. The third-order valence-corrected chi connectivity index (χ3v) is 2.59. The van der Waals surface area contributed by atoms with Crippen LogP contribution in [-0.2, 0) is 7.05 Å². The highest BCUT2D eigenvalue weighted by atomic mass is 16.1. The second-order valence-corrected chi connectivity index (χ2v) is 3.91. The summed E-state index contributed by atoms with van der Waals surface area (Å²) in [5, 5.41) is 3.44. The van der Waals surface area contributed by atoms with E-state index in [4.69, 9.17) is 0 Å². The molecular formula is C12H20N2O. The number of nitrogens with zero attached hydrogens (tertiary/aromatic N) is 1. The number of nitrogens with one attached hydrogen (secondary N) is 1. The number of hydrogen-bond donors (Lipinski definition) is 1. The molecule has 0 saturated carbocycles. The molecule has 0 bridgehead atoms. The molecule has 1 aromatic rings. The zero-order valence-corrected chi connectivity index (χ0v) is 9.79. The van der Waals surface area contributed by atoms with E-state index in [2.05, 4.69) is 19.2 Å². The summed E-state index contributed by atoms with van der Waals surface area (Å²) < 4.78 is 1.60. The van der Waals surface area contributed by atoms with E-state index in [1.807, 2.05) is 12.3 Å². The lowest BCUT2D eigenvalue weighted by Crippen LogP contribution is -2.21. The van der Waals surface area contributed by atoms with Crippen molar-refractivity contribution in [2.75, 3.05) is 5.32 Å². The van der Waals surface area contributed by atoms with Crippen molar-refractivity contribution in [3.63, 3.8) is 0 Å². The van der Waals surface area contributed by atoms with E-state index in [1.165, 1.54) is 12.8 Å². The molecule has 0 aliphatic heterocycles. The number of aromatic nitrogens is 1. The van der Waals surface area contributed by atoms with Crippen LogP contribution in [0.5, 0.6) is 0 Å². The predicted molar refractivity (Wildman–Crippen MR) is 64.3 cm³/mol. The normalized spacial score (nSPS) is 12.5. The van der Waals surface area contributed by atoms with Crippen LogP contribution in [0.3, 0.4) is 0 Å². The summed E-state index contributed by atoms with van der Waals surface area (Å²) in [7, 11) is 1.77. The first kappa shape index (κ1) is 11.8. The van der Waals surface area contributed by atoms with Crippen molar-refractivity contribution in [3.05, 3.63) is 28.7 Å². The first-order valence-electron chi connectivity index (χ1n) is 5.60. The fourth-order valence-corrected chi connectivity index (χ4v) is 1.64. The van der Waals surface area contributed by atoms with Crippen LogP contribution in [0.15, 0.2) is 23.1 Å². The average Bonchev–Trinajstić information content (AvgIpc) is 2.23. The maximum Gasteiger partial charge on any atom is 0.250 e. The Morgan fingerprint density at radius 3 is 2.67 bits per heavy atom. The van der Waals surface area contributed by atoms with E-state index in [0.29, 0.717) is 6.04 Å². The molecule has 0 fully saturated rings. The fourth-order valence-electron chi connectivity index (χ4n) is 1.64. The summed E-state index contributed by atoms with van der Waals surface area (Å²) in [5.74, 6) is 0. The molecule has 1 rings (SSSR count). The van der Waals surface area contributed by atoms with Gasteiger partial charge in [-0.1, -0.05) is 20.3 Å². The van der Waals surface area contributed by atoms with Gasteiger partial charge in [-0.2, -0.15) is 0 Å². The highest BCUT2D eigenvalue weighted by molar-refractivity contribution is 5.41. The van der Waals surface area contributed by atoms with Crippen LogP contribution in [-0.4, -0.2) is 10.6 Å². The van der Waals surface area contributed by atoms with Crippen LogP contribution in [0.2, 0.25) is 0 Å². The fraction of sp³-hybridized carbons (Fsp3) is 0.583. The second-order valence-electron chi connectivity index (χ2n) is 3.91. The molecular weight excluding hydrogens is 188 g/mol. The standard InChI is InChI=1S/C12H20N2O/c1-4-6-10(5-2)13-11-7-8-12(15)14(3)9-11/h7-10,13H,4-6H2,1-3H3. The molecule has 0 aromatic carbocycles. The van der Waals surface area contributed by atoms with E-state index in [9.17, 15) is 4.79 Å². The molecule has 0 aliphatic carbocycles. The van der Waals surface area contributed by atoms with Crippen LogP contribution in [0.25, 0.3) is 0 Å². The van der Waals surface area contributed by atoms with Crippen LogP contribution < -0.4 is 10.9 Å². The Morgan fingerprint density at radius 2 is 2.13 bits per heavy atom. The first-order chi connectivity index (χ1) is 7.17. The van der Waals surface area contributed by atoms with Gasteiger partial charge >= 0.3 is 0 Å². The van der Waals surface area contributed by atoms with Crippen molar-refractivity contribution in [1.82, 2.24) is 4.57 Å². The van der Waals surface area contributed by atoms with Gasteiger partial charge in [-0.25, -0.2) is 0 Å². The molecule has 1 N–H and O–H groups in total. The lowest BCUT2D eigenvalue weighted by molar-refractivity contribution is 0.621. The smallest absolute Gasteiger partial charge is 0.250 e. The minimum atomic E-state index is 0.0316. The highest BCUT2D eigenvalue weighted by Gasteiger charge is 2.04. The Hall–Kier alpha value is -1.25. The Morgan fingerprint density at radius 1 is 1.40 bits per heavy atom. The van der Waals surface area contributed by atoms with Gasteiger partial charge in [0, 0.05) is 25.4 Å². The molecule has 0 spiro atoms. The molecule has 1 heterocycles. The van der Waals surface area contributed by atoms with E-state index in [0.717, 1.165) is 12.1 Å². The molecule has 15 heavy (non-hydrogen) atoms. The summed E-state index contributed by atoms with van der Waals surface area (Å²) in [6.45, 7) is 4.36. The second kappa shape index (κ2) is 5.59. The predicted octanol–water partition coefficient (Wildman–Crippen LogP) is 2.38. The minimum Gasteiger partial charge on any atom is -0.381 e. The monoisotopic (exact) mass is 208 g/mol. The summed E-state index contributed by atoms with van der Waals surface area (Å²) >= 11 is 0. The SMILES string of the molecule is CCCC(CC)Nc1ccc(=O)n(C)c1. The Kier molecular flexibility index (Phi) is 4.40. The summed E-state index contributed by atoms with van der Waals surface area (Å²) in [6.07, 6.45) is 5.30. The number of aryl methyl sites for hydroxylation is 1. The Balaban J connectivity index is 2.70. The van der Waals surface area contributed by atoms with E-state index >= 15 is 0 Å². The summed E-state index contributed by atoms with van der Waals surface area (Å²) in [4.78, 5) is 11.2. The van der Waals surface area contributed by atoms with Gasteiger partial charge in [0.15, 0.2) is 0 Å². The quantitative estimate of drug-likeness (QED) is 0.806. The molecule has 0 radical (unpaired) electrons. The maximum absolute atomic E-state index is 11.2. The molecule has 84 valence electrons.